The Morgan fingerprint density at radius 2 is 1.71 bits per heavy atom. The van der Waals surface area contributed by atoms with E-state index in [0.717, 1.165) is 17.7 Å². The van der Waals surface area contributed by atoms with E-state index in [2.05, 4.69) is 5.32 Å². The Morgan fingerprint density at radius 1 is 1.08 bits per heavy atom. The molecule has 1 heterocycles. The van der Waals surface area contributed by atoms with Crippen LogP contribution in [0.3, 0.4) is 0 Å². The zero-order valence-corrected chi connectivity index (χ0v) is 14.2. The molecule has 1 aliphatic rings. The number of nitrogen functional groups attached to an aromatic ring is 1. The van der Waals surface area contributed by atoms with Crippen LogP contribution < -0.4 is 20.5 Å². The van der Waals surface area contributed by atoms with E-state index in [9.17, 15) is 4.79 Å². The predicted molar refractivity (Wildman–Crippen MR) is 95.8 cm³/mol. The Balaban J connectivity index is 0.00000208. The van der Waals surface area contributed by atoms with Crippen molar-refractivity contribution in [3.63, 3.8) is 0 Å². The van der Waals surface area contributed by atoms with Crippen LogP contribution in [0.15, 0.2) is 48.5 Å². The summed E-state index contributed by atoms with van der Waals surface area (Å²) in [7, 11) is 0. The molecule has 2 unspecified atom stereocenters. The summed E-state index contributed by atoms with van der Waals surface area (Å²) in [6, 6.07) is 15.0. The lowest BCUT2D eigenvalue weighted by atomic mass is 10.1. The number of anilines is 1. The van der Waals surface area contributed by atoms with Gasteiger partial charge in [-0.15, -0.1) is 12.4 Å². The van der Waals surface area contributed by atoms with Gasteiger partial charge < -0.3 is 20.5 Å². The van der Waals surface area contributed by atoms with E-state index in [1.54, 1.807) is 6.07 Å². The van der Waals surface area contributed by atoms with E-state index in [1.807, 2.05) is 49.4 Å². The van der Waals surface area contributed by atoms with Gasteiger partial charge in [-0.25, -0.2) is 0 Å². The summed E-state index contributed by atoms with van der Waals surface area (Å²) in [6.45, 7) is 2.37. The summed E-state index contributed by atoms with van der Waals surface area (Å²) in [4.78, 5) is 12.3. The molecule has 0 spiro atoms. The molecule has 3 rings (SSSR count). The summed E-state index contributed by atoms with van der Waals surface area (Å²) in [6.07, 6.45) is -0.234. The number of benzene rings is 2. The van der Waals surface area contributed by atoms with E-state index < -0.39 is 6.10 Å². The maximum absolute atomic E-state index is 12.3. The first-order valence-electron chi connectivity index (χ1n) is 7.68. The molecule has 0 aliphatic carbocycles. The first-order valence-corrected chi connectivity index (χ1v) is 7.68. The van der Waals surface area contributed by atoms with Crippen LogP contribution in [0, 0.1) is 0 Å². The van der Waals surface area contributed by atoms with E-state index in [1.165, 1.54) is 0 Å². The first-order chi connectivity index (χ1) is 11.1. The smallest absolute Gasteiger partial charge is 0.265 e. The molecule has 1 aliphatic heterocycles. The third-order valence-electron chi connectivity index (χ3n) is 3.79. The quantitative estimate of drug-likeness (QED) is 0.833. The number of amides is 1. The molecule has 0 saturated carbocycles. The van der Waals surface area contributed by atoms with Crippen LogP contribution in [0.4, 0.5) is 5.69 Å². The molecule has 2 aromatic carbocycles. The van der Waals surface area contributed by atoms with Crippen molar-refractivity contribution in [1.29, 1.82) is 0 Å². The Labute approximate surface area is 147 Å². The minimum atomic E-state index is -0.642. The largest absolute Gasteiger partial charge is 0.482 e. The molecule has 24 heavy (non-hydrogen) atoms. The van der Waals surface area contributed by atoms with Gasteiger partial charge in [0.15, 0.2) is 11.5 Å². The first kappa shape index (κ1) is 17.9. The number of rotatable bonds is 4. The molecule has 0 radical (unpaired) electrons. The van der Waals surface area contributed by atoms with Gasteiger partial charge in [-0.1, -0.05) is 24.3 Å². The molecule has 2 aromatic rings. The van der Waals surface area contributed by atoms with Crippen molar-refractivity contribution in [3.8, 4) is 11.5 Å². The summed E-state index contributed by atoms with van der Waals surface area (Å²) >= 11 is 0. The van der Waals surface area contributed by atoms with E-state index >= 15 is 0 Å². The monoisotopic (exact) mass is 348 g/mol. The highest BCUT2D eigenvalue weighted by Crippen LogP contribution is 2.33. The second-order valence-corrected chi connectivity index (χ2v) is 5.59. The summed E-state index contributed by atoms with van der Waals surface area (Å²) in [5, 5.41) is 2.90. The maximum atomic E-state index is 12.3. The van der Waals surface area contributed by atoms with Crippen LogP contribution in [0.2, 0.25) is 0 Å². The van der Waals surface area contributed by atoms with Gasteiger partial charge in [-0.05, 0) is 43.2 Å². The van der Waals surface area contributed by atoms with E-state index in [-0.39, 0.29) is 24.4 Å². The second-order valence-electron chi connectivity index (χ2n) is 5.59. The molecule has 5 nitrogen and oxygen atoms in total. The van der Waals surface area contributed by atoms with Gasteiger partial charge in [-0.2, -0.15) is 0 Å². The van der Waals surface area contributed by atoms with Crippen molar-refractivity contribution in [1.82, 2.24) is 5.32 Å². The van der Waals surface area contributed by atoms with Crippen LogP contribution in [0.25, 0.3) is 0 Å². The lowest BCUT2D eigenvalue weighted by Crippen LogP contribution is -2.49. The van der Waals surface area contributed by atoms with Crippen molar-refractivity contribution in [2.45, 2.75) is 25.6 Å². The van der Waals surface area contributed by atoms with Gasteiger partial charge in [0.1, 0.15) is 6.10 Å². The number of nitrogens with one attached hydrogen (secondary N) is 1. The van der Waals surface area contributed by atoms with Crippen LogP contribution in [-0.2, 0) is 11.2 Å². The topological polar surface area (TPSA) is 73.6 Å². The molecule has 0 saturated heterocycles. The fraction of sp³-hybridized carbons (Fsp3) is 0.278. The fourth-order valence-electron chi connectivity index (χ4n) is 2.52. The second kappa shape index (κ2) is 7.93. The van der Waals surface area contributed by atoms with Crippen molar-refractivity contribution in [2.24, 2.45) is 0 Å². The molecule has 1 amide bonds. The average Bonchev–Trinajstić information content (AvgIpc) is 2.56. The number of nitrogens with two attached hydrogens (primary N) is 1. The van der Waals surface area contributed by atoms with Gasteiger partial charge >= 0.3 is 0 Å². The van der Waals surface area contributed by atoms with Crippen molar-refractivity contribution >= 4 is 24.0 Å². The van der Waals surface area contributed by atoms with Crippen molar-refractivity contribution in [2.75, 3.05) is 12.3 Å². The highest BCUT2D eigenvalue weighted by molar-refractivity contribution is 5.85. The van der Waals surface area contributed by atoms with Crippen molar-refractivity contribution in [3.05, 3.63) is 54.1 Å². The molecular weight excluding hydrogens is 328 g/mol. The molecular formula is C18H21ClN2O3. The molecule has 0 bridgehead atoms. The minimum Gasteiger partial charge on any atom is -0.482 e. The molecule has 2 atom stereocenters. The van der Waals surface area contributed by atoms with Crippen LogP contribution in [-0.4, -0.2) is 24.7 Å². The number of fused-ring (bicyclic) bond motifs is 1. The van der Waals surface area contributed by atoms with Gasteiger partial charge in [0.2, 0.25) is 6.10 Å². The summed E-state index contributed by atoms with van der Waals surface area (Å²) in [5.41, 5.74) is 7.51. The van der Waals surface area contributed by atoms with Gasteiger partial charge in [-0.3, -0.25) is 4.79 Å². The van der Waals surface area contributed by atoms with E-state index in [4.69, 9.17) is 15.2 Å². The molecule has 128 valence electrons. The third kappa shape index (κ3) is 4.11. The maximum Gasteiger partial charge on any atom is 0.265 e. The molecule has 6 heteroatoms. The Morgan fingerprint density at radius 3 is 2.38 bits per heavy atom. The SMILES string of the molecule is CC1Oc2ccccc2OC1C(=O)NCCc1ccc(N)cc1.Cl. The van der Waals surface area contributed by atoms with Crippen LogP contribution in [0.5, 0.6) is 11.5 Å². The zero-order valence-electron chi connectivity index (χ0n) is 13.4. The summed E-state index contributed by atoms with van der Waals surface area (Å²) < 4.78 is 11.5. The number of halogens is 1. The van der Waals surface area contributed by atoms with Gasteiger partial charge in [0.25, 0.3) is 5.91 Å². The van der Waals surface area contributed by atoms with Gasteiger partial charge in [0, 0.05) is 12.2 Å². The molecule has 3 N–H and O–H groups in total. The van der Waals surface area contributed by atoms with E-state index in [0.29, 0.717) is 18.0 Å². The Bertz CT molecular complexity index is 691. The normalized spacial score (nSPS) is 18.4. The third-order valence-corrected chi connectivity index (χ3v) is 3.79. The fourth-order valence-corrected chi connectivity index (χ4v) is 2.52. The van der Waals surface area contributed by atoms with Crippen LogP contribution >= 0.6 is 12.4 Å². The minimum absolute atomic E-state index is 0. The lowest BCUT2D eigenvalue weighted by molar-refractivity contribution is -0.133. The number of carbonyl (C=O) groups excluding carboxylic acids is 1. The summed E-state index contributed by atoms with van der Waals surface area (Å²) in [5.74, 6) is 1.11. The predicted octanol–water partition coefficient (Wildman–Crippen LogP) is 2.58. The standard InChI is InChI=1S/C18H20N2O3.ClH/c1-12-17(23-16-5-3-2-4-15(16)22-12)18(21)20-11-10-13-6-8-14(19)9-7-13;/h2-9,12,17H,10-11,19H2,1H3,(H,20,21);1H. The number of ether oxygens (including phenoxy) is 2. The number of para-hydroxylation sites is 2. The Hall–Kier alpha value is -2.40. The average molecular weight is 349 g/mol. The Kier molecular flexibility index (Phi) is 5.93. The molecule has 0 aromatic heterocycles. The lowest BCUT2D eigenvalue weighted by Gasteiger charge is -2.31. The van der Waals surface area contributed by atoms with Crippen LogP contribution in [0.1, 0.15) is 12.5 Å². The zero-order chi connectivity index (χ0) is 16.2. The molecule has 0 fully saturated rings. The van der Waals surface area contributed by atoms with Gasteiger partial charge in [0.05, 0.1) is 0 Å². The number of hydrogen-bond donors (Lipinski definition) is 2. The highest BCUT2D eigenvalue weighted by Gasteiger charge is 2.33. The highest BCUT2D eigenvalue weighted by atomic mass is 35.5. The number of hydrogen-bond acceptors (Lipinski definition) is 4. The van der Waals surface area contributed by atoms with Crippen molar-refractivity contribution < 1.29 is 14.3 Å². The number of carbonyl (C=O) groups is 1.